The smallest absolute Gasteiger partial charge is 0.277 e. The summed E-state index contributed by atoms with van der Waals surface area (Å²) in [5.74, 6) is -0.460. The first-order chi connectivity index (χ1) is 11.9. The maximum Gasteiger partial charge on any atom is 0.277 e. The molecular weight excluding hydrogens is 394 g/mol. The number of nitro benzene ring substituents is 1. The van der Waals surface area contributed by atoms with E-state index in [1.54, 1.807) is 18.2 Å². The van der Waals surface area contributed by atoms with E-state index in [4.69, 9.17) is 4.74 Å². The minimum absolute atomic E-state index is 0.0269. The molecule has 130 valence electrons. The van der Waals surface area contributed by atoms with Gasteiger partial charge in [0, 0.05) is 16.6 Å². The number of halogens is 1. The molecule has 0 aliphatic carbocycles. The van der Waals surface area contributed by atoms with Gasteiger partial charge in [-0.1, -0.05) is 33.8 Å². The maximum absolute atomic E-state index is 11.9. The van der Waals surface area contributed by atoms with Gasteiger partial charge < -0.3 is 9.84 Å². The van der Waals surface area contributed by atoms with Gasteiger partial charge in [0.25, 0.3) is 11.6 Å². The van der Waals surface area contributed by atoms with Crippen LogP contribution < -0.4 is 15.3 Å². The van der Waals surface area contributed by atoms with Crippen molar-refractivity contribution in [3.8, 4) is 11.5 Å². The lowest BCUT2D eigenvalue weighted by molar-refractivity contribution is -0.385. The van der Waals surface area contributed by atoms with Crippen LogP contribution in [0.3, 0.4) is 0 Å². The average Bonchev–Trinajstić information content (AvgIpc) is 2.56. The van der Waals surface area contributed by atoms with Gasteiger partial charge in [-0.25, -0.2) is 5.43 Å². The lowest BCUT2D eigenvalue weighted by Crippen LogP contribution is -2.24. The molecule has 0 aromatic heterocycles. The molecule has 0 atom stereocenters. The van der Waals surface area contributed by atoms with E-state index in [0.29, 0.717) is 5.75 Å². The largest absolute Gasteiger partial charge is 0.871 e. The summed E-state index contributed by atoms with van der Waals surface area (Å²) >= 11 is 2.96. The number of ether oxygens (including phenoxy) is 1. The first kappa shape index (κ1) is 18.4. The average molecular weight is 407 g/mol. The van der Waals surface area contributed by atoms with E-state index in [2.05, 4.69) is 26.5 Å². The molecule has 0 bridgehead atoms. The Hall–Kier alpha value is -2.94. The fraction of sp³-hybridized carbons (Fsp3) is 0.125. The van der Waals surface area contributed by atoms with Crippen LogP contribution in [0, 0.1) is 17.0 Å². The van der Waals surface area contributed by atoms with E-state index in [0.717, 1.165) is 23.9 Å². The Kier molecular flexibility index (Phi) is 6.07. The molecule has 0 saturated carbocycles. The molecule has 8 nitrogen and oxygen atoms in total. The summed E-state index contributed by atoms with van der Waals surface area (Å²) in [5.41, 5.74) is 2.90. The number of carbonyl (C=O) groups excluding carboxylic acids is 1. The number of nitrogens with zero attached hydrogens (tertiary/aromatic N) is 2. The van der Waals surface area contributed by atoms with Crippen LogP contribution in [-0.2, 0) is 4.79 Å². The Morgan fingerprint density at radius 3 is 2.84 bits per heavy atom. The molecule has 2 aromatic rings. The monoisotopic (exact) mass is 406 g/mol. The molecule has 9 heteroatoms. The van der Waals surface area contributed by atoms with Gasteiger partial charge in [0.05, 0.1) is 11.1 Å². The predicted octanol–water partition coefficient (Wildman–Crippen LogP) is 2.27. The van der Waals surface area contributed by atoms with Crippen LogP contribution in [0.1, 0.15) is 11.1 Å². The number of hydrogen-bond acceptors (Lipinski definition) is 6. The van der Waals surface area contributed by atoms with Gasteiger partial charge >= 0.3 is 0 Å². The maximum atomic E-state index is 11.9. The number of benzene rings is 2. The highest BCUT2D eigenvalue weighted by atomic mass is 79.9. The van der Waals surface area contributed by atoms with Crippen molar-refractivity contribution in [1.82, 2.24) is 5.43 Å². The third-order valence-electron chi connectivity index (χ3n) is 3.02. The molecular formula is C16H13BrN3O5-. The second-order valence-corrected chi connectivity index (χ2v) is 5.86. The number of nitrogens with one attached hydrogen (secondary N) is 1. The Morgan fingerprint density at radius 1 is 1.40 bits per heavy atom. The molecule has 0 radical (unpaired) electrons. The van der Waals surface area contributed by atoms with Gasteiger partial charge in [-0.3, -0.25) is 14.9 Å². The molecule has 2 rings (SSSR count). The van der Waals surface area contributed by atoms with Crippen molar-refractivity contribution in [2.45, 2.75) is 6.92 Å². The van der Waals surface area contributed by atoms with Crippen LogP contribution in [0.4, 0.5) is 5.69 Å². The van der Waals surface area contributed by atoms with Crippen molar-refractivity contribution in [2.24, 2.45) is 5.10 Å². The number of amides is 1. The molecule has 0 saturated heterocycles. The number of rotatable bonds is 6. The Morgan fingerprint density at radius 2 is 2.16 bits per heavy atom. The van der Waals surface area contributed by atoms with Crippen LogP contribution in [0.15, 0.2) is 46.0 Å². The van der Waals surface area contributed by atoms with Gasteiger partial charge in [-0.05, 0) is 30.2 Å². The standard InChI is InChI=1S/C16H14BrN3O5/c1-10-3-2-4-13(5-10)25-9-15(21)19-18-8-11-6-12(20(23)24)7-14(17)16(11)22/h2-8,22H,9H2,1H3,(H,19,21)/p-1/b18-8-. The SMILES string of the molecule is Cc1cccc(OCC(=O)N/N=C\c2cc([N+](=O)[O-])cc(Br)c2[O-])c1. The summed E-state index contributed by atoms with van der Waals surface area (Å²) in [4.78, 5) is 21.8. The molecule has 0 spiro atoms. The molecule has 0 fully saturated rings. The van der Waals surface area contributed by atoms with Gasteiger partial charge in [0.2, 0.25) is 0 Å². The van der Waals surface area contributed by atoms with Crippen molar-refractivity contribution in [1.29, 1.82) is 0 Å². The number of non-ortho nitro benzene ring substituents is 1. The third kappa shape index (κ3) is 5.28. The Bertz CT molecular complexity index is 839. The van der Waals surface area contributed by atoms with Crippen LogP contribution >= 0.6 is 15.9 Å². The first-order valence-electron chi connectivity index (χ1n) is 7.03. The predicted molar refractivity (Wildman–Crippen MR) is 92.7 cm³/mol. The van der Waals surface area contributed by atoms with E-state index >= 15 is 0 Å². The number of aryl methyl sites for hydroxylation is 1. The van der Waals surface area contributed by atoms with E-state index in [1.165, 1.54) is 0 Å². The quantitative estimate of drug-likeness (QED) is 0.448. The highest BCUT2D eigenvalue weighted by Crippen LogP contribution is 2.29. The summed E-state index contributed by atoms with van der Waals surface area (Å²) in [6.45, 7) is 1.64. The second-order valence-electron chi connectivity index (χ2n) is 5.00. The van der Waals surface area contributed by atoms with Gasteiger partial charge in [0.1, 0.15) is 5.75 Å². The van der Waals surface area contributed by atoms with E-state index in [-0.39, 0.29) is 22.3 Å². The van der Waals surface area contributed by atoms with Crippen LogP contribution in [0.5, 0.6) is 11.5 Å². The normalized spacial score (nSPS) is 10.6. The summed E-state index contributed by atoms with van der Waals surface area (Å²) in [6.07, 6.45) is 1.05. The zero-order valence-corrected chi connectivity index (χ0v) is 14.6. The first-order valence-corrected chi connectivity index (χ1v) is 7.82. The Balaban J connectivity index is 1.96. The Labute approximate surface area is 151 Å². The molecule has 1 N–H and O–H groups in total. The summed E-state index contributed by atoms with van der Waals surface area (Å²) < 4.78 is 5.34. The number of carbonyl (C=O) groups is 1. The lowest BCUT2D eigenvalue weighted by atomic mass is 10.2. The van der Waals surface area contributed by atoms with Crippen molar-refractivity contribution >= 4 is 33.7 Å². The van der Waals surface area contributed by atoms with Crippen molar-refractivity contribution in [3.63, 3.8) is 0 Å². The lowest BCUT2D eigenvalue weighted by Gasteiger charge is -2.12. The topological polar surface area (TPSA) is 117 Å². The zero-order valence-electron chi connectivity index (χ0n) is 13.1. The highest BCUT2D eigenvalue weighted by molar-refractivity contribution is 9.10. The van der Waals surface area contributed by atoms with Crippen LogP contribution in [0.2, 0.25) is 0 Å². The molecule has 25 heavy (non-hydrogen) atoms. The van der Waals surface area contributed by atoms with E-state index in [9.17, 15) is 20.0 Å². The second kappa shape index (κ2) is 8.25. The van der Waals surface area contributed by atoms with Crippen molar-refractivity contribution in [2.75, 3.05) is 6.61 Å². The molecule has 0 aliphatic rings. The summed E-state index contributed by atoms with van der Waals surface area (Å²) in [5, 5.41) is 26.3. The van der Waals surface area contributed by atoms with E-state index < -0.39 is 16.6 Å². The van der Waals surface area contributed by atoms with E-state index in [1.807, 2.05) is 13.0 Å². The summed E-state index contributed by atoms with van der Waals surface area (Å²) in [6, 6.07) is 9.38. The zero-order chi connectivity index (χ0) is 18.4. The highest BCUT2D eigenvalue weighted by Gasteiger charge is 2.09. The van der Waals surface area contributed by atoms with Gasteiger partial charge in [-0.15, -0.1) is 0 Å². The fourth-order valence-electron chi connectivity index (χ4n) is 1.86. The fourth-order valence-corrected chi connectivity index (χ4v) is 2.32. The van der Waals surface area contributed by atoms with Crippen molar-refractivity contribution < 1.29 is 19.6 Å². The minimum Gasteiger partial charge on any atom is -0.871 e. The molecule has 2 aromatic carbocycles. The van der Waals surface area contributed by atoms with Gasteiger partial charge in [0.15, 0.2) is 6.61 Å². The van der Waals surface area contributed by atoms with Crippen LogP contribution in [0.25, 0.3) is 0 Å². The molecule has 0 unspecified atom stereocenters. The molecule has 0 heterocycles. The van der Waals surface area contributed by atoms with Crippen LogP contribution in [-0.4, -0.2) is 23.7 Å². The third-order valence-corrected chi connectivity index (χ3v) is 3.61. The number of hydrogen-bond donors (Lipinski definition) is 1. The molecule has 1 amide bonds. The molecule has 0 aliphatic heterocycles. The minimum atomic E-state index is -0.629. The van der Waals surface area contributed by atoms with Gasteiger partial charge in [-0.2, -0.15) is 5.10 Å². The number of hydrazone groups is 1. The summed E-state index contributed by atoms with van der Waals surface area (Å²) in [7, 11) is 0. The number of nitro groups is 1. The van der Waals surface area contributed by atoms with Crippen molar-refractivity contribution in [3.05, 3.63) is 62.1 Å².